The van der Waals surface area contributed by atoms with E-state index in [1.165, 1.54) is 4.90 Å². The zero-order chi connectivity index (χ0) is 13.1. The van der Waals surface area contributed by atoms with E-state index >= 15 is 0 Å². The van der Waals surface area contributed by atoms with E-state index in [9.17, 15) is 4.79 Å². The molecule has 1 aliphatic rings. The number of amides is 1. The second kappa shape index (κ2) is 5.08. The molecular weight excluding hydrogens is 232 g/mol. The largest absolute Gasteiger partial charge is 0.483 e. The van der Waals surface area contributed by atoms with Crippen LogP contribution in [-0.2, 0) is 11.2 Å². The third-order valence-electron chi connectivity index (χ3n) is 3.03. The van der Waals surface area contributed by atoms with Crippen molar-refractivity contribution in [2.45, 2.75) is 12.8 Å². The summed E-state index contributed by atoms with van der Waals surface area (Å²) in [6.45, 7) is 0.0229. The molecule has 0 atom stereocenters. The summed E-state index contributed by atoms with van der Waals surface area (Å²) < 4.78 is 5.54. The van der Waals surface area contributed by atoms with E-state index < -0.39 is 0 Å². The van der Waals surface area contributed by atoms with Gasteiger partial charge >= 0.3 is 0 Å². The summed E-state index contributed by atoms with van der Waals surface area (Å²) in [5.74, 6) is 0.614. The molecule has 96 valence electrons. The van der Waals surface area contributed by atoms with Gasteiger partial charge in [-0.1, -0.05) is 17.3 Å². The van der Waals surface area contributed by atoms with Gasteiger partial charge in [-0.2, -0.15) is 0 Å². The standard InChI is InChI=1S/C13H16N2O3/c1-15(2)13(16)8-18-12-5-3-4-9-10(12)6-7-11(9)14-17/h3-5,17H,6-8H2,1-2H3. The molecular formula is C13H16N2O3. The van der Waals surface area contributed by atoms with Crippen LogP contribution in [0.15, 0.2) is 23.4 Å². The number of benzene rings is 1. The van der Waals surface area contributed by atoms with Gasteiger partial charge in [0.15, 0.2) is 6.61 Å². The molecule has 0 fully saturated rings. The van der Waals surface area contributed by atoms with Gasteiger partial charge in [0, 0.05) is 25.2 Å². The van der Waals surface area contributed by atoms with Crippen molar-refractivity contribution in [3.8, 4) is 5.75 Å². The van der Waals surface area contributed by atoms with Gasteiger partial charge in [-0.25, -0.2) is 0 Å². The van der Waals surface area contributed by atoms with Gasteiger partial charge in [0.1, 0.15) is 5.75 Å². The van der Waals surface area contributed by atoms with Crippen LogP contribution in [0.5, 0.6) is 5.75 Å². The highest BCUT2D eigenvalue weighted by atomic mass is 16.5. The molecule has 0 saturated carbocycles. The normalized spacial score (nSPS) is 15.6. The minimum absolute atomic E-state index is 0.0229. The van der Waals surface area contributed by atoms with Gasteiger partial charge in [0.2, 0.25) is 0 Å². The fourth-order valence-electron chi connectivity index (χ4n) is 1.98. The van der Waals surface area contributed by atoms with Gasteiger partial charge in [-0.3, -0.25) is 4.79 Å². The molecule has 0 bridgehead atoms. The van der Waals surface area contributed by atoms with Gasteiger partial charge in [0.05, 0.1) is 5.71 Å². The van der Waals surface area contributed by atoms with Crippen LogP contribution < -0.4 is 4.74 Å². The number of hydrogen-bond donors (Lipinski definition) is 1. The van der Waals surface area contributed by atoms with Crippen molar-refractivity contribution in [3.05, 3.63) is 29.3 Å². The number of carbonyl (C=O) groups is 1. The van der Waals surface area contributed by atoms with E-state index in [0.717, 1.165) is 17.5 Å². The van der Waals surface area contributed by atoms with E-state index in [2.05, 4.69) is 5.16 Å². The number of carbonyl (C=O) groups excluding carboxylic acids is 1. The van der Waals surface area contributed by atoms with Crippen molar-refractivity contribution >= 4 is 11.6 Å². The summed E-state index contributed by atoms with van der Waals surface area (Å²) in [6, 6.07) is 5.57. The highest BCUT2D eigenvalue weighted by Crippen LogP contribution is 2.30. The van der Waals surface area contributed by atoms with Gasteiger partial charge < -0.3 is 14.8 Å². The summed E-state index contributed by atoms with van der Waals surface area (Å²) in [6.07, 6.45) is 1.48. The minimum Gasteiger partial charge on any atom is -0.483 e. The van der Waals surface area contributed by atoms with Crippen LogP contribution in [0, 0.1) is 0 Å². The van der Waals surface area contributed by atoms with E-state index in [1.807, 2.05) is 18.2 Å². The molecule has 5 heteroatoms. The Morgan fingerprint density at radius 2 is 2.22 bits per heavy atom. The molecule has 0 radical (unpaired) electrons. The molecule has 0 aromatic heterocycles. The van der Waals surface area contributed by atoms with Crippen LogP contribution >= 0.6 is 0 Å². The first kappa shape index (κ1) is 12.4. The molecule has 1 N–H and O–H groups in total. The summed E-state index contributed by atoms with van der Waals surface area (Å²) in [5, 5.41) is 12.2. The predicted octanol–water partition coefficient (Wildman–Crippen LogP) is 1.28. The van der Waals surface area contributed by atoms with Crippen LogP contribution in [0.1, 0.15) is 17.5 Å². The molecule has 1 aromatic carbocycles. The summed E-state index contributed by atoms with van der Waals surface area (Å²) in [7, 11) is 3.38. The van der Waals surface area contributed by atoms with Gasteiger partial charge in [-0.05, 0) is 18.9 Å². The molecule has 18 heavy (non-hydrogen) atoms. The highest BCUT2D eigenvalue weighted by Gasteiger charge is 2.22. The van der Waals surface area contributed by atoms with E-state index in [4.69, 9.17) is 9.94 Å². The quantitative estimate of drug-likeness (QED) is 0.647. The van der Waals surface area contributed by atoms with Gasteiger partial charge in [-0.15, -0.1) is 0 Å². The average molecular weight is 248 g/mol. The Balaban J connectivity index is 2.16. The number of ether oxygens (including phenoxy) is 1. The van der Waals surface area contributed by atoms with Crippen LogP contribution in [0.2, 0.25) is 0 Å². The fraction of sp³-hybridized carbons (Fsp3) is 0.385. The number of fused-ring (bicyclic) bond motifs is 1. The lowest BCUT2D eigenvalue weighted by Gasteiger charge is -2.13. The minimum atomic E-state index is -0.0818. The molecule has 5 nitrogen and oxygen atoms in total. The van der Waals surface area contributed by atoms with Crippen molar-refractivity contribution in [2.24, 2.45) is 5.16 Å². The molecule has 0 saturated heterocycles. The van der Waals surface area contributed by atoms with E-state index in [0.29, 0.717) is 17.9 Å². The first-order valence-electron chi connectivity index (χ1n) is 5.79. The Kier molecular flexibility index (Phi) is 3.50. The SMILES string of the molecule is CN(C)C(=O)COc1cccc2c1CCC2=NO. The Bertz CT molecular complexity index is 495. The number of hydrogen-bond acceptors (Lipinski definition) is 4. The fourth-order valence-corrected chi connectivity index (χ4v) is 1.98. The third kappa shape index (κ3) is 2.30. The third-order valence-corrected chi connectivity index (χ3v) is 3.03. The monoisotopic (exact) mass is 248 g/mol. The topological polar surface area (TPSA) is 62.1 Å². The maximum Gasteiger partial charge on any atom is 0.259 e. The molecule has 1 aliphatic carbocycles. The van der Waals surface area contributed by atoms with E-state index in [-0.39, 0.29) is 12.5 Å². The zero-order valence-corrected chi connectivity index (χ0v) is 10.5. The summed E-state index contributed by atoms with van der Waals surface area (Å²) in [4.78, 5) is 13.0. The Morgan fingerprint density at radius 3 is 2.89 bits per heavy atom. The lowest BCUT2D eigenvalue weighted by Crippen LogP contribution is -2.27. The molecule has 0 aliphatic heterocycles. The van der Waals surface area contributed by atoms with Crippen LogP contribution in [0.25, 0.3) is 0 Å². The van der Waals surface area contributed by atoms with Crippen molar-refractivity contribution in [3.63, 3.8) is 0 Å². The molecule has 0 unspecified atom stereocenters. The molecule has 0 spiro atoms. The Hall–Kier alpha value is -2.04. The molecule has 1 aromatic rings. The van der Waals surface area contributed by atoms with Crippen molar-refractivity contribution < 1.29 is 14.7 Å². The van der Waals surface area contributed by atoms with Crippen LogP contribution in [0.3, 0.4) is 0 Å². The molecule has 2 rings (SSSR count). The molecule has 0 heterocycles. The van der Waals surface area contributed by atoms with E-state index in [1.54, 1.807) is 14.1 Å². The maximum atomic E-state index is 11.5. The average Bonchev–Trinajstić information content (AvgIpc) is 2.79. The maximum absolute atomic E-state index is 11.5. The second-order valence-corrected chi connectivity index (χ2v) is 4.41. The Morgan fingerprint density at radius 1 is 1.44 bits per heavy atom. The number of likely N-dealkylation sites (N-methyl/N-ethyl adjacent to an activating group) is 1. The van der Waals surface area contributed by atoms with Crippen molar-refractivity contribution in [2.75, 3.05) is 20.7 Å². The van der Waals surface area contributed by atoms with Crippen molar-refractivity contribution in [1.82, 2.24) is 4.90 Å². The van der Waals surface area contributed by atoms with Crippen molar-refractivity contribution in [1.29, 1.82) is 0 Å². The summed E-state index contributed by atoms with van der Waals surface area (Å²) >= 11 is 0. The van der Waals surface area contributed by atoms with Crippen LogP contribution in [0.4, 0.5) is 0 Å². The first-order chi connectivity index (χ1) is 8.63. The lowest BCUT2D eigenvalue weighted by atomic mass is 10.1. The second-order valence-electron chi connectivity index (χ2n) is 4.41. The lowest BCUT2D eigenvalue weighted by molar-refractivity contribution is -0.130. The van der Waals surface area contributed by atoms with Gasteiger partial charge in [0.25, 0.3) is 5.91 Å². The predicted molar refractivity (Wildman–Crippen MR) is 67.3 cm³/mol. The number of oxime groups is 1. The smallest absolute Gasteiger partial charge is 0.259 e. The summed E-state index contributed by atoms with van der Waals surface area (Å²) in [5.41, 5.74) is 2.60. The number of rotatable bonds is 3. The number of nitrogens with zero attached hydrogens (tertiary/aromatic N) is 2. The molecule has 1 amide bonds. The Labute approximate surface area is 106 Å². The first-order valence-corrected chi connectivity index (χ1v) is 5.79. The van der Waals surface area contributed by atoms with Crippen LogP contribution in [-0.4, -0.2) is 42.4 Å². The highest BCUT2D eigenvalue weighted by molar-refractivity contribution is 6.04. The zero-order valence-electron chi connectivity index (χ0n) is 10.5.